The van der Waals surface area contributed by atoms with Crippen LogP contribution in [0.5, 0.6) is 5.75 Å². The van der Waals surface area contributed by atoms with E-state index in [-0.39, 0.29) is 5.97 Å². The summed E-state index contributed by atoms with van der Waals surface area (Å²) in [5.74, 6) is 0.868. The number of carbonyl (C=O) groups is 1. The van der Waals surface area contributed by atoms with Gasteiger partial charge in [0, 0.05) is 18.2 Å². The maximum Gasteiger partial charge on any atom is 0.305 e. The number of benzene rings is 1. The zero-order valence-corrected chi connectivity index (χ0v) is 20.8. The molecule has 33 heavy (non-hydrogen) atoms. The molecule has 4 heteroatoms. The molecule has 0 saturated heterocycles. The summed E-state index contributed by atoms with van der Waals surface area (Å²) in [6.07, 6.45) is 16.8. The van der Waals surface area contributed by atoms with Crippen molar-refractivity contribution in [2.75, 3.05) is 13.2 Å². The number of pyridine rings is 1. The van der Waals surface area contributed by atoms with Gasteiger partial charge >= 0.3 is 5.97 Å². The lowest BCUT2D eigenvalue weighted by Crippen LogP contribution is -2.03. The highest BCUT2D eigenvalue weighted by atomic mass is 16.5. The number of rotatable bonds is 18. The van der Waals surface area contributed by atoms with Gasteiger partial charge in [-0.05, 0) is 68.5 Å². The minimum absolute atomic E-state index is 0.0596. The van der Waals surface area contributed by atoms with Crippen molar-refractivity contribution in [2.45, 2.75) is 97.3 Å². The summed E-state index contributed by atoms with van der Waals surface area (Å²) in [7, 11) is 0. The number of unbranched alkanes of at least 4 members (excludes halogenated alkanes) is 9. The van der Waals surface area contributed by atoms with Crippen LogP contribution in [-0.2, 0) is 16.0 Å². The van der Waals surface area contributed by atoms with Crippen LogP contribution in [0.2, 0.25) is 0 Å². The topological polar surface area (TPSA) is 48.4 Å². The summed E-state index contributed by atoms with van der Waals surface area (Å²) in [5, 5.41) is 0. The Morgan fingerprint density at radius 1 is 0.788 bits per heavy atom. The second-order valence-electron chi connectivity index (χ2n) is 8.77. The van der Waals surface area contributed by atoms with Crippen LogP contribution < -0.4 is 4.74 Å². The summed E-state index contributed by atoms with van der Waals surface area (Å²) >= 11 is 0. The highest BCUT2D eigenvalue weighted by Gasteiger charge is 2.03. The maximum absolute atomic E-state index is 11.3. The highest BCUT2D eigenvalue weighted by Crippen LogP contribution is 2.21. The molecule has 1 aromatic heterocycles. The molecule has 0 atom stereocenters. The zero-order chi connectivity index (χ0) is 23.6. The fourth-order valence-electron chi connectivity index (χ4n) is 3.90. The van der Waals surface area contributed by atoms with Gasteiger partial charge in [-0.3, -0.25) is 9.78 Å². The first-order chi connectivity index (χ1) is 16.2. The van der Waals surface area contributed by atoms with E-state index >= 15 is 0 Å². The minimum Gasteiger partial charge on any atom is -0.494 e. The molecule has 1 aromatic carbocycles. The van der Waals surface area contributed by atoms with Crippen LogP contribution in [0.4, 0.5) is 0 Å². The van der Waals surface area contributed by atoms with E-state index in [4.69, 9.17) is 9.47 Å². The third-order valence-electron chi connectivity index (χ3n) is 5.89. The van der Waals surface area contributed by atoms with Crippen LogP contribution >= 0.6 is 0 Å². The molecule has 4 nitrogen and oxygen atoms in total. The molecule has 0 saturated carbocycles. The van der Waals surface area contributed by atoms with Crippen molar-refractivity contribution in [1.29, 1.82) is 0 Å². The zero-order valence-electron chi connectivity index (χ0n) is 20.8. The standard InChI is InChI=1S/C29H43NO3/c1-3-5-12-15-25-17-22-28(30-24-25)26-18-20-27(21-19-26)33-23-14-11-9-7-6-8-10-13-16-29(31)32-4-2/h17-22,24H,3-16,23H2,1-2H3. The van der Waals surface area contributed by atoms with Crippen molar-refractivity contribution in [3.8, 4) is 17.0 Å². The monoisotopic (exact) mass is 453 g/mol. The Labute approximate surface area is 201 Å². The smallest absolute Gasteiger partial charge is 0.305 e. The third kappa shape index (κ3) is 11.9. The first-order valence-corrected chi connectivity index (χ1v) is 13.1. The molecule has 0 amide bonds. The molecule has 0 spiro atoms. The predicted octanol–water partition coefficient (Wildman–Crippen LogP) is 7.93. The van der Waals surface area contributed by atoms with Gasteiger partial charge in [0.05, 0.1) is 18.9 Å². The van der Waals surface area contributed by atoms with Crippen molar-refractivity contribution in [1.82, 2.24) is 4.98 Å². The Balaban J connectivity index is 1.52. The Morgan fingerprint density at radius 3 is 2.12 bits per heavy atom. The molecule has 0 aliphatic rings. The van der Waals surface area contributed by atoms with Crippen LogP contribution in [0.15, 0.2) is 42.6 Å². The van der Waals surface area contributed by atoms with Crippen LogP contribution in [-0.4, -0.2) is 24.2 Å². The molecule has 2 rings (SSSR count). The maximum atomic E-state index is 11.3. The largest absolute Gasteiger partial charge is 0.494 e. The molecule has 1 heterocycles. The fraction of sp³-hybridized carbons (Fsp3) is 0.586. The van der Waals surface area contributed by atoms with Crippen LogP contribution in [0.25, 0.3) is 11.3 Å². The number of ether oxygens (including phenoxy) is 2. The van der Waals surface area contributed by atoms with E-state index in [0.717, 1.165) is 49.3 Å². The van der Waals surface area contributed by atoms with Crippen LogP contribution in [0.3, 0.4) is 0 Å². The lowest BCUT2D eigenvalue weighted by atomic mass is 10.1. The summed E-state index contributed by atoms with van der Waals surface area (Å²) in [6.45, 7) is 5.34. The highest BCUT2D eigenvalue weighted by molar-refractivity contribution is 5.69. The quantitative estimate of drug-likeness (QED) is 0.170. The van der Waals surface area contributed by atoms with Gasteiger partial charge in [0.1, 0.15) is 5.75 Å². The first-order valence-electron chi connectivity index (χ1n) is 13.1. The molecular weight excluding hydrogens is 410 g/mol. The lowest BCUT2D eigenvalue weighted by Gasteiger charge is -2.08. The van der Waals surface area contributed by atoms with Crippen molar-refractivity contribution in [3.05, 3.63) is 48.2 Å². The van der Waals surface area contributed by atoms with Gasteiger partial charge in [-0.2, -0.15) is 0 Å². The van der Waals surface area contributed by atoms with Gasteiger partial charge in [0.15, 0.2) is 0 Å². The lowest BCUT2D eigenvalue weighted by molar-refractivity contribution is -0.143. The number of hydrogen-bond donors (Lipinski definition) is 0. The van der Waals surface area contributed by atoms with E-state index in [9.17, 15) is 4.79 Å². The number of nitrogens with zero attached hydrogens (tertiary/aromatic N) is 1. The Hall–Kier alpha value is -2.36. The molecule has 0 fully saturated rings. The fourth-order valence-corrected chi connectivity index (χ4v) is 3.90. The second-order valence-corrected chi connectivity index (χ2v) is 8.77. The third-order valence-corrected chi connectivity index (χ3v) is 5.89. The average molecular weight is 454 g/mol. The van der Waals surface area contributed by atoms with Crippen LogP contribution in [0, 0.1) is 0 Å². The van der Waals surface area contributed by atoms with Gasteiger partial charge < -0.3 is 9.47 Å². The summed E-state index contributed by atoms with van der Waals surface area (Å²) in [4.78, 5) is 15.9. The molecule has 0 N–H and O–H groups in total. The summed E-state index contributed by atoms with van der Waals surface area (Å²) in [6, 6.07) is 12.6. The molecule has 0 radical (unpaired) electrons. The van der Waals surface area contributed by atoms with E-state index in [0.29, 0.717) is 13.0 Å². The van der Waals surface area contributed by atoms with Crippen molar-refractivity contribution in [2.24, 2.45) is 0 Å². The summed E-state index contributed by atoms with van der Waals surface area (Å²) < 4.78 is 10.9. The second kappa shape index (κ2) is 17.2. The molecule has 0 unspecified atom stereocenters. The molecular formula is C29H43NO3. The van der Waals surface area contributed by atoms with Gasteiger partial charge in [0.2, 0.25) is 0 Å². The molecule has 0 aliphatic heterocycles. The number of aromatic nitrogens is 1. The molecule has 0 aliphatic carbocycles. The Morgan fingerprint density at radius 2 is 1.48 bits per heavy atom. The Bertz CT molecular complexity index is 755. The van der Waals surface area contributed by atoms with Gasteiger partial charge in [0.25, 0.3) is 0 Å². The van der Waals surface area contributed by atoms with Crippen molar-refractivity contribution < 1.29 is 14.3 Å². The van der Waals surface area contributed by atoms with E-state index in [2.05, 4.69) is 36.2 Å². The minimum atomic E-state index is -0.0596. The average Bonchev–Trinajstić information content (AvgIpc) is 2.84. The SMILES string of the molecule is CCCCCc1ccc(-c2ccc(OCCCCCCCCCCC(=O)OCC)cc2)nc1. The number of esters is 1. The van der Waals surface area contributed by atoms with E-state index < -0.39 is 0 Å². The predicted molar refractivity (Wildman–Crippen MR) is 137 cm³/mol. The van der Waals surface area contributed by atoms with Gasteiger partial charge in [-0.25, -0.2) is 0 Å². The first kappa shape index (κ1) is 26.9. The van der Waals surface area contributed by atoms with Crippen molar-refractivity contribution >= 4 is 5.97 Å². The van der Waals surface area contributed by atoms with Gasteiger partial charge in [-0.1, -0.05) is 64.4 Å². The molecule has 182 valence electrons. The molecule has 0 bridgehead atoms. The number of aryl methyl sites for hydroxylation is 1. The Kier molecular flexibility index (Phi) is 14.0. The summed E-state index contributed by atoms with van der Waals surface area (Å²) in [5.41, 5.74) is 3.47. The van der Waals surface area contributed by atoms with E-state index in [1.54, 1.807) is 0 Å². The number of carbonyl (C=O) groups excluding carboxylic acids is 1. The number of hydrogen-bond acceptors (Lipinski definition) is 4. The van der Waals surface area contributed by atoms with E-state index in [1.807, 2.05) is 25.3 Å². The van der Waals surface area contributed by atoms with Gasteiger partial charge in [-0.15, -0.1) is 0 Å². The molecule has 2 aromatic rings. The van der Waals surface area contributed by atoms with Crippen LogP contribution in [0.1, 0.15) is 96.5 Å². The van der Waals surface area contributed by atoms with E-state index in [1.165, 1.54) is 56.9 Å². The normalized spacial score (nSPS) is 10.8. The van der Waals surface area contributed by atoms with Crippen molar-refractivity contribution in [3.63, 3.8) is 0 Å².